The summed E-state index contributed by atoms with van der Waals surface area (Å²) >= 11 is 5.11. The molecular weight excluding hydrogens is 339 g/mol. The van der Waals surface area contributed by atoms with Crippen LogP contribution >= 0.6 is 12.2 Å². The van der Waals surface area contributed by atoms with Crippen molar-refractivity contribution in [1.29, 1.82) is 0 Å². The number of alkyl halides is 3. The Hall–Kier alpha value is -2.35. The average Bonchev–Trinajstić information content (AvgIpc) is 2.45. The van der Waals surface area contributed by atoms with E-state index in [0.717, 1.165) is 5.57 Å². The number of pyridine rings is 1. The first-order chi connectivity index (χ1) is 11.2. The fourth-order valence-corrected chi connectivity index (χ4v) is 2.29. The maximum atomic E-state index is 13.1. The van der Waals surface area contributed by atoms with Gasteiger partial charge in [-0.25, -0.2) is 0 Å². The van der Waals surface area contributed by atoms with E-state index in [2.05, 4.69) is 15.6 Å². The maximum Gasteiger partial charge on any atom is 0.417 e. The molecule has 2 aromatic rings. The minimum absolute atomic E-state index is 0.0980. The minimum atomic E-state index is -4.62. The molecule has 0 saturated carbocycles. The van der Waals surface area contributed by atoms with E-state index in [4.69, 9.17) is 12.2 Å². The van der Waals surface area contributed by atoms with E-state index < -0.39 is 17.3 Å². The summed E-state index contributed by atoms with van der Waals surface area (Å²) in [7, 11) is 0. The number of allylic oxidation sites excluding steroid dienone is 1. The number of fused-ring (bicyclic) bond motifs is 1. The second kappa shape index (κ2) is 7.04. The molecule has 0 amide bonds. The van der Waals surface area contributed by atoms with Gasteiger partial charge < -0.3 is 15.6 Å². The lowest BCUT2D eigenvalue weighted by Gasteiger charge is -2.13. The molecule has 0 aliphatic heterocycles. The van der Waals surface area contributed by atoms with Crippen molar-refractivity contribution in [2.24, 2.45) is 0 Å². The Morgan fingerprint density at radius 2 is 2.00 bits per heavy atom. The number of nitrogens with one attached hydrogen (secondary N) is 3. The molecule has 0 aliphatic carbocycles. The van der Waals surface area contributed by atoms with Gasteiger partial charge >= 0.3 is 6.18 Å². The van der Waals surface area contributed by atoms with E-state index in [-0.39, 0.29) is 10.9 Å². The van der Waals surface area contributed by atoms with Crippen LogP contribution in [0.3, 0.4) is 0 Å². The van der Waals surface area contributed by atoms with Gasteiger partial charge in [-0.3, -0.25) is 4.79 Å². The lowest BCUT2D eigenvalue weighted by atomic mass is 10.1. The van der Waals surface area contributed by atoms with Crippen molar-refractivity contribution in [3.63, 3.8) is 0 Å². The standard InChI is InChI=1S/C16H16F3N3OS/c1-9(2)5-6-20-15(24)21-10-3-4-13-11(7-10)12(16(17,18)19)8-14(23)22-13/h3-5,7-8H,6H2,1-2H3,(H,22,23)(H2,20,21,24). The van der Waals surface area contributed by atoms with Gasteiger partial charge in [0.1, 0.15) is 0 Å². The van der Waals surface area contributed by atoms with Crippen LogP contribution in [0.15, 0.2) is 40.7 Å². The number of aromatic amines is 1. The lowest BCUT2D eigenvalue weighted by Crippen LogP contribution is -2.28. The summed E-state index contributed by atoms with van der Waals surface area (Å²) in [5.41, 5.74) is -0.143. The van der Waals surface area contributed by atoms with Crippen molar-refractivity contribution in [2.45, 2.75) is 20.0 Å². The van der Waals surface area contributed by atoms with Crippen molar-refractivity contribution in [2.75, 3.05) is 11.9 Å². The van der Waals surface area contributed by atoms with Crippen molar-refractivity contribution in [3.8, 4) is 0 Å². The second-order valence-corrected chi connectivity index (χ2v) is 5.83. The Labute approximate surface area is 141 Å². The normalized spacial score (nSPS) is 11.2. The fraction of sp³-hybridized carbons (Fsp3) is 0.250. The molecule has 2 rings (SSSR count). The third-order valence-electron chi connectivity index (χ3n) is 3.18. The number of aromatic nitrogens is 1. The van der Waals surface area contributed by atoms with Gasteiger partial charge in [-0.15, -0.1) is 0 Å². The summed E-state index contributed by atoms with van der Waals surface area (Å²) in [5.74, 6) is 0. The summed E-state index contributed by atoms with van der Waals surface area (Å²) in [6, 6.07) is 4.82. The molecule has 0 saturated heterocycles. The Balaban J connectivity index is 2.30. The van der Waals surface area contributed by atoms with Crippen LogP contribution in [-0.2, 0) is 6.18 Å². The molecule has 128 valence electrons. The van der Waals surface area contributed by atoms with Crippen molar-refractivity contribution >= 4 is 33.9 Å². The molecule has 0 radical (unpaired) electrons. The number of halogens is 3. The molecule has 0 unspecified atom stereocenters. The Bertz CT molecular complexity index is 852. The predicted octanol–water partition coefficient (Wildman–Crippen LogP) is 3.80. The van der Waals surface area contributed by atoms with E-state index in [1.807, 2.05) is 19.9 Å². The number of hydrogen-bond donors (Lipinski definition) is 3. The quantitative estimate of drug-likeness (QED) is 0.579. The number of H-pyrrole nitrogens is 1. The summed E-state index contributed by atoms with van der Waals surface area (Å²) in [6.45, 7) is 4.41. The van der Waals surface area contributed by atoms with Crippen LogP contribution in [0.1, 0.15) is 19.4 Å². The molecule has 1 aromatic heterocycles. The van der Waals surface area contributed by atoms with Crippen molar-refractivity contribution in [3.05, 3.63) is 51.8 Å². The molecule has 8 heteroatoms. The first-order valence-corrected chi connectivity index (χ1v) is 7.50. The van der Waals surface area contributed by atoms with E-state index >= 15 is 0 Å². The molecule has 4 nitrogen and oxygen atoms in total. The van der Waals surface area contributed by atoms with Gasteiger partial charge in [-0.2, -0.15) is 13.2 Å². The van der Waals surface area contributed by atoms with E-state index in [1.165, 1.54) is 12.1 Å². The highest BCUT2D eigenvalue weighted by Gasteiger charge is 2.33. The predicted molar refractivity (Wildman–Crippen MR) is 93.2 cm³/mol. The van der Waals surface area contributed by atoms with Crippen LogP contribution < -0.4 is 16.2 Å². The fourth-order valence-electron chi connectivity index (χ4n) is 2.09. The largest absolute Gasteiger partial charge is 0.417 e. The average molecular weight is 355 g/mol. The van der Waals surface area contributed by atoms with Crippen LogP contribution in [0.2, 0.25) is 0 Å². The Morgan fingerprint density at radius 3 is 2.62 bits per heavy atom. The van der Waals surface area contributed by atoms with Gasteiger partial charge in [0.15, 0.2) is 5.11 Å². The van der Waals surface area contributed by atoms with Crippen LogP contribution in [0.5, 0.6) is 0 Å². The second-order valence-electron chi connectivity index (χ2n) is 5.42. The van der Waals surface area contributed by atoms with Crippen molar-refractivity contribution < 1.29 is 13.2 Å². The SMILES string of the molecule is CC(C)=CCNC(=S)Nc1ccc2[nH]c(=O)cc(C(F)(F)F)c2c1. The highest BCUT2D eigenvalue weighted by atomic mass is 32.1. The van der Waals surface area contributed by atoms with Gasteiger partial charge in [0.2, 0.25) is 5.56 Å². The van der Waals surface area contributed by atoms with Crippen LogP contribution in [0.25, 0.3) is 10.9 Å². The molecular formula is C16H16F3N3OS. The van der Waals surface area contributed by atoms with E-state index in [0.29, 0.717) is 23.4 Å². The first-order valence-electron chi connectivity index (χ1n) is 7.09. The molecule has 3 N–H and O–H groups in total. The minimum Gasteiger partial charge on any atom is -0.359 e. The Morgan fingerprint density at radius 1 is 1.29 bits per heavy atom. The maximum absolute atomic E-state index is 13.1. The molecule has 0 atom stereocenters. The van der Waals surface area contributed by atoms with Crippen LogP contribution in [-0.4, -0.2) is 16.6 Å². The zero-order valence-corrected chi connectivity index (χ0v) is 13.9. The van der Waals surface area contributed by atoms with Gasteiger partial charge in [0.25, 0.3) is 0 Å². The summed E-state index contributed by atoms with van der Waals surface area (Å²) < 4.78 is 39.3. The molecule has 0 fully saturated rings. The highest BCUT2D eigenvalue weighted by Crippen LogP contribution is 2.34. The third kappa shape index (κ3) is 4.58. The number of rotatable bonds is 3. The number of benzene rings is 1. The molecule has 1 aromatic carbocycles. The number of hydrogen-bond acceptors (Lipinski definition) is 2. The molecule has 1 heterocycles. The third-order valence-corrected chi connectivity index (χ3v) is 3.43. The summed E-state index contributed by atoms with van der Waals surface area (Å²) in [5, 5.41) is 5.96. The van der Waals surface area contributed by atoms with Crippen LogP contribution in [0, 0.1) is 0 Å². The van der Waals surface area contributed by atoms with Gasteiger partial charge in [0.05, 0.1) is 5.56 Å². The topological polar surface area (TPSA) is 56.9 Å². The summed E-state index contributed by atoms with van der Waals surface area (Å²) in [6.07, 6.45) is -2.69. The van der Waals surface area contributed by atoms with E-state index in [9.17, 15) is 18.0 Å². The smallest absolute Gasteiger partial charge is 0.359 e. The lowest BCUT2D eigenvalue weighted by molar-refractivity contribution is -0.136. The zero-order chi connectivity index (χ0) is 17.9. The molecule has 24 heavy (non-hydrogen) atoms. The Kier molecular flexibility index (Phi) is 5.28. The number of thiocarbonyl (C=S) groups is 1. The van der Waals surface area contributed by atoms with Gasteiger partial charge in [0, 0.05) is 29.2 Å². The van der Waals surface area contributed by atoms with Gasteiger partial charge in [-0.1, -0.05) is 11.6 Å². The summed E-state index contributed by atoms with van der Waals surface area (Å²) in [4.78, 5) is 13.8. The zero-order valence-electron chi connectivity index (χ0n) is 13.0. The number of anilines is 1. The van der Waals surface area contributed by atoms with Gasteiger partial charge in [-0.05, 0) is 44.3 Å². The van der Waals surface area contributed by atoms with Crippen molar-refractivity contribution in [1.82, 2.24) is 10.3 Å². The first kappa shape index (κ1) is 18.0. The highest BCUT2D eigenvalue weighted by molar-refractivity contribution is 7.80. The monoisotopic (exact) mass is 355 g/mol. The van der Waals surface area contributed by atoms with E-state index in [1.54, 1.807) is 6.07 Å². The van der Waals surface area contributed by atoms with Crippen LogP contribution in [0.4, 0.5) is 18.9 Å². The molecule has 0 bridgehead atoms. The molecule has 0 spiro atoms. The molecule has 0 aliphatic rings.